The molecule has 2 aliphatic heterocycles. The lowest BCUT2D eigenvalue weighted by Gasteiger charge is -2.41. The molecule has 34 heavy (non-hydrogen) atoms. The summed E-state index contributed by atoms with van der Waals surface area (Å²) >= 11 is 0. The van der Waals surface area contributed by atoms with Crippen molar-refractivity contribution >= 4 is 11.8 Å². The van der Waals surface area contributed by atoms with Crippen molar-refractivity contribution in [3.05, 3.63) is 35.1 Å². The molecule has 1 aromatic carbocycles. The van der Waals surface area contributed by atoms with Gasteiger partial charge >= 0.3 is 0 Å². The Kier molecular flexibility index (Phi) is 7.82. The summed E-state index contributed by atoms with van der Waals surface area (Å²) in [7, 11) is 0. The average Bonchev–Trinajstić information content (AvgIpc) is 3.06. The van der Waals surface area contributed by atoms with E-state index in [0.717, 1.165) is 31.7 Å². The highest BCUT2D eigenvalue weighted by Crippen LogP contribution is 2.40. The van der Waals surface area contributed by atoms with E-state index in [4.69, 9.17) is 5.73 Å². The van der Waals surface area contributed by atoms with Crippen LogP contribution in [0.3, 0.4) is 0 Å². The maximum absolute atomic E-state index is 14.0. The third-order valence-electron chi connectivity index (χ3n) is 7.84. The number of carbonyl (C=O) groups is 2. The van der Waals surface area contributed by atoms with E-state index < -0.39 is 23.5 Å². The predicted octanol–water partition coefficient (Wildman–Crippen LogP) is 2.94. The number of rotatable bonds is 7. The molecule has 9 heteroatoms. The topological polar surface area (TPSA) is 95.7 Å². The lowest BCUT2D eigenvalue weighted by molar-refractivity contribution is -0.138. The second-order valence-electron chi connectivity index (χ2n) is 10.2. The number of amides is 2. The molecule has 2 heterocycles. The highest BCUT2D eigenvalue weighted by Gasteiger charge is 2.44. The summed E-state index contributed by atoms with van der Waals surface area (Å²) in [5, 5.41) is 12.6. The largest absolute Gasteiger partial charge is 0.393 e. The molecule has 1 aliphatic carbocycles. The van der Waals surface area contributed by atoms with Gasteiger partial charge in [0.25, 0.3) is 0 Å². The molecule has 0 radical (unpaired) electrons. The van der Waals surface area contributed by atoms with E-state index in [2.05, 4.69) is 5.32 Å². The van der Waals surface area contributed by atoms with Crippen LogP contribution in [0.1, 0.15) is 69.8 Å². The van der Waals surface area contributed by atoms with E-state index in [9.17, 15) is 27.9 Å². The van der Waals surface area contributed by atoms with E-state index in [0.29, 0.717) is 31.7 Å². The molecule has 4 rings (SSSR count). The van der Waals surface area contributed by atoms with E-state index in [1.807, 2.05) is 4.90 Å². The van der Waals surface area contributed by atoms with Gasteiger partial charge in [-0.05, 0) is 75.3 Å². The Morgan fingerprint density at radius 1 is 0.971 bits per heavy atom. The zero-order valence-corrected chi connectivity index (χ0v) is 19.3. The zero-order chi connectivity index (χ0) is 24.4. The number of aliphatic hydroxyl groups excluding tert-OH is 1. The van der Waals surface area contributed by atoms with Gasteiger partial charge in [-0.15, -0.1) is 0 Å². The second-order valence-corrected chi connectivity index (χ2v) is 10.2. The van der Waals surface area contributed by atoms with Gasteiger partial charge in [0.1, 0.15) is 5.82 Å². The Bertz CT molecular complexity index is 893. The summed E-state index contributed by atoms with van der Waals surface area (Å²) in [4.78, 5) is 27.1. The third-order valence-corrected chi connectivity index (χ3v) is 7.84. The van der Waals surface area contributed by atoms with Crippen LogP contribution in [0.25, 0.3) is 0 Å². The molecule has 3 fully saturated rings. The molecule has 0 spiro atoms. The monoisotopic (exact) mass is 481 g/mol. The van der Waals surface area contributed by atoms with Crippen LogP contribution in [0, 0.1) is 23.4 Å². The molecule has 3 aliphatic rings. The van der Waals surface area contributed by atoms with Crippen LogP contribution < -0.4 is 11.1 Å². The number of nitrogens with zero attached hydrogens (tertiary/aromatic N) is 1. The number of hydrogen-bond donors (Lipinski definition) is 3. The fourth-order valence-electron chi connectivity index (χ4n) is 5.99. The Morgan fingerprint density at radius 3 is 2.24 bits per heavy atom. The van der Waals surface area contributed by atoms with Crippen molar-refractivity contribution in [1.29, 1.82) is 0 Å². The number of benzene rings is 1. The molecule has 6 nitrogen and oxygen atoms in total. The highest BCUT2D eigenvalue weighted by molar-refractivity contribution is 5.84. The van der Waals surface area contributed by atoms with Crippen molar-refractivity contribution in [2.24, 2.45) is 11.7 Å². The van der Waals surface area contributed by atoms with Crippen LogP contribution in [0.4, 0.5) is 13.2 Å². The van der Waals surface area contributed by atoms with Crippen LogP contribution in [0.15, 0.2) is 12.1 Å². The normalized spacial score (nSPS) is 29.7. The summed E-state index contributed by atoms with van der Waals surface area (Å²) in [6.07, 6.45) is 6.14. The van der Waals surface area contributed by atoms with Gasteiger partial charge in [0.2, 0.25) is 11.8 Å². The van der Waals surface area contributed by atoms with Gasteiger partial charge in [-0.2, -0.15) is 0 Å². The molecule has 1 saturated carbocycles. The molecule has 4 N–H and O–H groups in total. The first-order chi connectivity index (χ1) is 16.2. The van der Waals surface area contributed by atoms with Gasteiger partial charge in [0.15, 0.2) is 11.6 Å². The first kappa shape index (κ1) is 25.0. The fourth-order valence-corrected chi connectivity index (χ4v) is 5.99. The Balaban J connectivity index is 1.26. The summed E-state index contributed by atoms with van der Waals surface area (Å²) in [6.45, 7) is 0. The molecule has 4 atom stereocenters. The first-order valence-electron chi connectivity index (χ1n) is 12.4. The molecular formula is C25H34F3N3O3. The van der Waals surface area contributed by atoms with Crippen molar-refractivity contribution in [1.82, 2.24) is 10.2 Å². The van der Waals surface area contributed by atoms with Crippen molar-refractivity contribution in [2.45, 2.75) is 101 Å². The van der Waals surface area contributed by atoms with Crippen LogP contribution >= 0.6 is 0 Å². The molecular weight excluding hydrogens is 447 g/mol. The van der Waals surface area contributed by atoms with Gasteiger partial charge in [0.05, 0.1) is 6.10 Å². The van der Waals surface area contributed by atoms with E-state index >= 15 is 0 Å². The van der Waals surface area contributed by atoms with E-state index in [1.54, 1.807) is 0 Å². The number of nitrogens with two attached hydrogens (primary N) is 1. The first-order valence-corrected chi connectivity index (χ1v) is 12.4. The molecule has 2 amide bonds. The van der Waals surface area contributed by atoms with Gasteiger partial charge < -0.3 is 21.1 Å². The summed E-state index contributed by atoms with van der Waals surface area (Å²) in [6, 6.07) is 1.16. The minimum Gasteiger partial charge on any atom is -0.393 e. The van der Waals surface area contributed by atoms with E-state index in [-0.39, 0.29) is 66.8 Å². The number of hydrogen-bond acceptors (Lipinski definition) is 4. The van der Waals surface area contributed by atoms with Crippen molar-refractivity contribution in [2.75, 3.05) is 0 Å². The van der Waals surface area contributed by atoms with Gasteiger partial charge in [0, 0.05) is 43.1 Å². The second kappa shape index (κ2) is 10.6. The van der Waals surface area contributed by atoms with Crippen molar-refractivity contribution < 1.29 is 27.9 Å². The Morgan fingerprint density at radius 2 is 1.59 bits per heavy atom. The summed E-state index contributed by atoms with van der Waals surface area (Å²) in [5.41, 5.74) is 6.42. The smallest absolute Gasteiger partial charge is 0.223 e. The summed E-state index contributed by atoms with van der Waals surface area (Å²) in [5.74, 6) is -3.21. The lowest BCUT2D eigenvalue weighted by atomic mass is 9.82. The molecule has 0 unspecified atom stereocenters. The van der Waals surface area contributed by atoms with E-state index in [1.165, 1.54) is 0 Å². The number of carbonyl (C=O) groups excluding carboxylic acids is 2. The number of aliphatic hydroxyl groups is 1. The van der Waals surface area contributed by atoms with Gasteiger partial charge in [-0.1, -0.05) is 0 Å². The number of halogens is 3. The predicted molar refractivity (Wildman–Crippen MR) is 120 cm³/mol. The average molecular weight is 482 g/mol. The van der Waals surface area contributed by atoms with Crippen molar-refractivity contribution in [3.8, 4) is 0 Å². The lowest BCUT2D eigenvalue weighted by Crippen LogP contribution is -2.50. The maximum atomic E-state index is 14.0. The molecule has 0 aromatic heterocycles. The molecule has 2 bridgehead atoms. The fraction of sp³-hybridized carbons (Fsp3) is 0.680. The quantitative estimate of drug-likeness (QED) is 0.522. The van der Waals surface area contributed by atoms with Gasteiger partial charge in [-0.25, -0.2) is 13.2 Å². The van der Waals surface area contributed by atoms with Crippen LogP contribution in [0.5, 0.6) is 0 Å². The minimum absolute atomic E-state index is 0.0274. The SMILES string of the molecule is N[C@H](Cc1cc(F)c(F)cc1F)[C@@H]1C[C@H]2CC[C@@H](C1)N2C(=O)CCC(=O)N[C@H]1CC[C@H](O)CC1. The van der Waals surface area contributed by atoms with Crippen LogP contribution in [-0.4, -0.2) is 52.1 Å². The van der Waals surface area contributed by atoms with Gasteiger partial charge in [-0.3, -0.25) is 9.59 Å². The summed E-state index contributed by atoms with van der Waals surface area (Å²) < 4.78 is 40.8. The number of fused-ring (bicyclic) bond motifs is 2. The zero-order valence-electron chi connectivity index (χ0n) is 19.3. The number of nitrogens with one attached hydrogen (secondary N) is 1. The standard InChI is InChI=1S/C25H34F3N3O3/c26-20-13-22(28)21(27)11-14(20)12-23(29)15-9-17-3-4-18(10-15)31(17)25(34)8-7-24(33)30-16-1-5-19(32)6-2-16/h11,13,15-19,23,32H,1-10,12,29H2,(H,30,33)/t15-,16-,17-,18+,19-,23-/m1/s1. The highest BCUT2D eigenvalue weighted by atomic mass is 19.2. The molecule has 1 aromatic rings. The minimum atomic E-state index is -1.22. The third kappa shape index (κ3) is 5.74. The Labute approximate surface area is 198 Å². The van der Waals surface area contributed by atoms with Crippen molar-refractivity contribution in [3.63, 3.8) is 0 Å². The Hall–Kier alpha value is -2.13. The van der Waals surface area contributed by atoms with Crippen LogP contribution in [0.2, 0.25) is 0 Å². The maximum Gasteiger partial charge on any atom is 0.223 e. The number of piperidine rings is 1. The van der Waals surface area contributed by atoms with Crippen LogP contribution in [-0.2, 0) is 16.0 Å². The molecule has 188 valence electrons. The molecule has 2 saturated heterocycles.